The van der Waals surface area contributed by atoms with E-state index in [1.54, 1.807) is 19.2 Å². The molecule has 0 bridgehead atoms. The van der Waals surface area contributed by atoms with Crippen LogP contribution in [0, 0.1) is 17.8 Å². The minimum atomic E-state index is -4.57. The van der Waals surface area contributed by atoms with Crippen molar-refractivity contribution in [1.82, 2.24) is 19.6 Å². The Morgan fingerprint density at radius 1 is 1.28 bits per heavy atom. The number of piperidine rings is 1. The molecule has 3 atom stereocenters. The number of halogens is 4. The van der Waals surface area contributed by atoms with Crippen LogP contribution in [-0.2, 0) is 21.1 Å². The third-order valence-electron chi connectivity index (χ3n) is 7.24. The highest BCUT2D eigenvalue weighted by atomic mass is 32.2. The zero-order valence-electron chi connectivity index (χ0n) is 24.1. The molecule has 2 N–H and O–H groups in total. The summed E-state index contributed by atoms with van der Waals surface area (Å²) in [6.45, 7) is 2.06. The highest BCUT2D eigenvalue weighted by Crippen LogP contribution is 2.35. The molecule has 0 spiro atoms. The van der Waals surface area contributed by atoms with Crippen LogP contribution in [0.3, 0.4) is 0 Å². The number of pyridine rings is 1. The van der Waals surface area contributed by atoms with Gasteiger partial charge in [-0.3, -0.25) is 4.79 Å². The number of nitrogens with zero attached hydrogens (tertiary/aromatic N) is 3. The first-order chi connectivity index (χ1) is 20.2. The summed E-state index contributed by atoms with van der Waals surface area (Å²) in [6.07, 6.45) is -4.19. The van der Waals surface area contributed by atoms with E-state index in [0.29, 0.717) is 24.2 Å². The van der Waals surface area contributed by atoms with Crippen molar-refractivity contribution in [2.24, 2.45) is 5.92 Å². The Kier molecular flexibility index (Phi) is 9.56. The second-order valence-electron chi connectivity index (χ2n) is 10.6. The number of imidazole rings is 1. The normalized spacial score (nSPS) is 18.5. The maximum absolute atomic E-state index is 15.2. The van der Waals surface area contributed by atoms with Gasteiger partial charge in [0.05, 0.1) is 42.4 Å². The molecule has 3 aromatic rings. The molecule has 1 saturated heterocycles. The van der Waals surface area contributed by atoms with Gasteiger partial charge in [0, 0.05) is 43.5 Å². The molecular formula is C29H33F4N5O4S. The summed E-state index contributed by atoms with van der Waals surface area (Å²) in [6, 6.07) is 6.63. The molecule has 1 amide bonds. The van der Waals surface area contributed by atoms with Crippen LogP contribution in [-0.4, -0.2) is 81.0 Å². The molecule has 0 unspecified atom stereocenters. The summed E-state index contributed by atoms with van der Waals surface area (Å²) in [5.41, 5.74) is 0.706. The quantitative estimate of drug-likeness (QED) is 0.291. The molecule has 0 saturated carbocycles. The number of aromatic nitrogens is 2. The Hall–Kier alpha value is -3.83. The predicted molar refractivity (Wildman–Crippen MR) is 153 cm³/mol. The SMILES string of the molecule is COc1cc(S(C)(=O)=O)ccc1NCC#Cc1nc2c([C@@H](NC(C)=O)[C@@H]3CCN(C)C[C@@H]3F)cccn2c1CC(F)(F)F. The van der Waals surface area contributed by atoms with Crippen molar-refractivity contribution < 1.29 is 35.5 Å². The number of alkyl halides is 4. The number of anilines is 1. The van der Waals surface area contributed by atoms with E-state index in [2.05, 4.69) is 27.5 Å². The number of hydrogen-bond acceptors (Lipinski definition) is 7. The first-order valence-corrected chi connectivity index (χ1v) is 15.3. The monoisotopic (exact) mass is 623 g/mol. The fourth-order valence-corrected chi connectivity index (χ4v) is 5.88. The fourth-order valence-electron chi connectivity index (χ4n) is 5.24. The summed E-state index contributed by atoms with van der Waals surface area (Å²) >= 11 is 0. The number of amides is 1. The zero-order valence-corrected chi connectivity index (χ0v) is 24.9. The van der Waals surface area contributed by atoms with Crippen LogP contribution in [0.5, 0.6) is 5.75 Å². The van der Waals surface area contributed by atoms with Gasteiger partial charge in [0.2, 0.25) is 5.91 Å². The lowest BCUT2D eigenvalue weighted by Gasteiger charge is -2.37. The number of ether oxygens (including phenoxy) is 1. The first kappa shape index (κ1) is 32.1. The number of methoxy groups -OCH3 is 1. The van der Waals surface area contributed by atoms with Crippen molar-refractivity contribution in [2.45, 2.75) is 43.1 Å². The Morgan fingerprint density at radius 2 is 2.02 bits per heavy atom. The van der Waals surface area contributed by atoms with Gasteiger partial charge in [-0.15, -0.1) is 0 Å². The van der Waals surface area contributed by atoms with Gasteiger partial charge in [-0.1, -0.05) is 12.0 Å². The average molecular weight is 624 g/mol. The van der Waals surface area contributed by atoms with E-state index < -0.39 is 46.5 Å². The summed E-state index contributed by atoms with van der Waals surface area (Å²) in [5.74, 6) is 4.75. The second-order valence-corrected chi connectivity index (χ2v) is 12.6. The van der Waals surface area contributed by atoms with Gasteiger partial charge in [-0.05, 0) is 44.1 Å². The van der Waals surface area contributed by atoms with E-state index in [-0.39, 0.29) is 40.8 Å². The van der Waals surface area contributed by atoms with Crippen molar-refractivity contribution >= 4 is 27.1 Å². The largest absolute Gasteiger partial charge is 0.495 e. The van der Waals surface area contributed by atoms with Crippen molar-refractivity contribution in [2.75, 3.05) is 45.4 Å². The van der Waals surface area contributed by atoms with E-state index in [4.69, 9.17) is 4.74 Å². The van der Waals surface area contributed by atoms with Gasteiger partial charge in [-0.25, -0.2) is 17.8 Å². The van der Waals surface area contributed by atoms with Crippen LogP contribution in [0.1, 0.15) is 36.3 Å². The molecule has 14 heteroatoms. The van der Waals surface area contributed by atoms with Gasteiger partial charge >= 0.3 is 6.18 Å². The Morgan fingerprint density at radius 3 is 2.65 bits per heavy atom. The highest BCUT2D eigenvalue weighted by molar-refractivity contribution is 7.90. The lowest BCUT2D eigenvalue weighted by molar-refractivity contribution is -0.128. The lowest BCUT2D eigenvalue weighted by atomic mass is 9.84. The number of nitrogens with one attached hydrogen (secondary N) is 2. The molecule has 43 heavy (non-hydrogen) atoms. The lowest BCUT2D eigenvalue weighted by Crippen LogP contribution is -2.45. The Balaban J connectivity index is 1.71. The molecule has 1 fully saturated rings. The summed E-state index contributed by atoms with van der Waals surface area (Å²) in [4.78, 5) is 18.5. The molecule has 0 radical (unpaired) electrons. The summed E-state index contributed by atoms with van der Waals surface area (Å²) in [5, 5.41) is 5.78. The molecule has 9 nitrogen and oxygen atoms in total. The summed E-state index contributed by atoms with van der Waals surface area (Å²) < 4.78 is 86.5. The number of rotatable bonds is 8. The average Bonchev–Trinajstić information content (AvgIpc) is 3.25. The number of carbonyl (C=O) groups excluding carboxylic acids is 1. The number of carbonyl (C=O) groups is 1. The zero-order chi connectivity index (χ0) is 31.5. The van der Waals surface area contributed by atoms with Crippen LogP contribution in [0.4, 0.5) is 23.2 Å². The van der Waals surface area contributed by atoms with Gasteiger partial charge in [0.15, 0.2) is 9.84 Å². The molecule has 2 aromatic heterocycles. The maximum Gasteiger partial charge on any atom is 0.394 e. The smallest absolute Gasteiger partial charge is 0.394 e. The second kappa shape index (κ2) is 12.8. The van der Waals surface area contributed by atoms with Crippen molar-refractivity contribution in [3.63, 3.8) is 0 Å². The van der Waals surface area contributed by atoms with E-state index >= 15 is 4.39 Å². The minimum absolute atomic E-state index is 0.0194. The topological polar surface area (TPSA) is 105 Å². The van der Waals surface area contributed by atoms with Gasteiger partial charge in [-0.2, -0.15) is 13.2 Å². The molecule has 1 aliphatic rings. The van der Waals surface area contributed by atoms with E-state index in [9.17, 15) is 26.4 Å². The van der Waals surface area contributed by atoms with Crippen molar-refractivity contribution in [3.8, 4) is 17.6 Å². The minimum Gasteiger partial charge on any atom is -0.495 e. The highest BCUT2D eigenvalue weighted by Gasteiger charge is 2.37. The summed E-state index contributed by atoms with van der Waals surface area (Å²) in [7, 11) is -0.283. The van der Waals surface area contributed by atoms with Crippen LogP contribution >= 0.6 is 0 Å². The molecular weight excluding hydrogens is 590 g/mol. The molecule has 0 aliphatic carbocycles. The number of sulfone groups is 1. The Labute approximate surface area is 247 Å². The van der Waals surface area contributed by atoms with Gasteiger partial charge in [0.25, 0.3) is 0 Å². The van der Waals surface area contributed by atoms with Crippen LogP contribution in [0.2, 0.25) is 0 Å². The van der Waals surface area contributed by atoms with Crippen LogP contribution in [0.25, 0.3) is 5.65 Å². The molecule has 1 aromatic carbocycles. The molecule has 4 rings (SSSR count). The third kappa shape index (κ3) is 7.77. The van der Waals surface area contributed by atoms with Crippen molar-refractivity contribution in [1.29, 1.82) is 0 Å². The standard InChI is InChI=1S/C29H33F4N5O4S/c1-18(39)35-27(20-11-14-37(2)17-22(20)30)21-7-6-13-38-25(16-29(31,32)33)23(36-28(21)38)8-5-12-34-24-10-9-19(43(4,40)41)15-26(24)42-3/h6-7,9-10,13,15,20,22,27,34H,11-12,14,16-17H2,1-4H3,(H,35,39)/t20-,22+,27+/m1/s1. The fraction of sp³-hybridized carbons (Fsp3) is 0.448. The number of fused-ring (bicyclic) bond motifs is 1. The predicted octanol–water partition coefficient (Wildman–Crippen LogP) is 3.78. The Bertz CT molecular complexity index is 1660. The van der Waals surface area contributed by atoms with E-state index in [0.717, 1.165) is 6.26 Å². The first-order valence-electron chi connectivity index (χ1n) is 13.4. The number of hydrogen-bond donors (Lipinski definition) is 2. The maximum atomic E-state index is 15.2. The van der Waals surface area contributed by atoms with E-state index in [1.165, 1.54) is 42.8 Å². The third-order valence-corrected chi connectivity index (χ3v) is 8.35. The molecule has 232 valence electrons. The van der Waals surface area contributed by atoms with E-state index in [1.807, 2.05) is 4.90 Å². The number of likely N-dealkylation sites (tertiary alicyclic amines) is 1. The molecule has 3 heterocycles. The van der Waals surface area contributed by atoms with Gasteiger partial charge < -0.3 is 24.7 Å². The number of benzene rings is 1. The van der Waals surface area contributed by atoms with Gasteiger partial charge in [0.1, 0.15) is 23.3 Å². The van der Waals surface area contributed by atoms with Crippen LogP contribution in [0.15, 0.2) is 41.4 Å². The van der Waals surface area contributed by atoms with Crippen LogP contribution < -0.4 is 15.4 Å². The molecule has 1 aliphatic heterocycles. The van der Waals surface area contributed by atoms with Crippen molar-refractivity contribution in [3.05, 3.63) is 53.5 Å².